The first-order valence-electron chi connectivity index (χ1n) is 11.5. The van der Waals surface area contributed by atoms with Crippen molar-refractivity contribution in [1.29, 1.82) is 0 Å². The standard InChI is InChI=1S/C28H27N3O/c32-28(29-26-19-30-15-13-22(26)14-16-30)24-17-25-7-4-8-27(31(25)18-24)23-11-9-21(10-12-23)20-5-2-1-3-6-20/h1-12,17-18,22,26H,13-16,19H2,(H,29,32). The highest BCUT2D eigenvalue weighted by molar-refractivity contribution is 5.96. The van der Waals surface area contributed by atoms with Crippen molar-refractivity contribution >= 4 is 11.4 Å². The third-order valence-electron chi connectivity index (χ3n) is 7.15. The number of hydrogen-bond acceptors (Lipinski definition) is 2. The molecule has 5 heterocycles. The van der Waals surface area contributed by atoms with Gasteiger partial charge in [0.05, 0.1) is 11.3 Å². The van der Waals surface area contributed by atoms with Gasteiger partial charge in [0.15, 0.2) is 0 Å². The van der Waals surface area contributed by atoms with Crippen LogP contribution in [0.25, 0.3) is 27.9 Å². The average Bonchev–Trinajstić information content (AvgIpc) is 3.30. The lowest BCUT2D eigenvalue weighted by Gasteiger charge is -2.44. The molecule has 7 rings (SSSR count). The molecule has 1 amide bonds. The highest BCUT2D eigenvalue weighted by Crippen LogP contribution is 2.29. The lowest BCUT2D eigenvalue weighted by atomic mass is 9.84. The van der Waals surface area contributed by atoms with Gasteiger partial charge in [-0.1, -0.05) is 60.7 Å². The number of piperidine rings is 3. The molecule has 3 aliphatic heterocycles. The minimum absolute atomic E-state index is 0.0397. The molecule has 0 aliphatic carbocycles. The minimum Gasteiger partial charge on any atom is -0.348 e. The lowest BCUT2D eigenvalue weighted by Crippen LogP contribution is -2.57. The van der Waals surface area contributed by atoms with Gasteiger partial charge in [0, 0.05) is 24.3 Å². The smallest absolute Gasteiger partial charge is 0.253 e. The van der Waals surface area contributed by atoms with Crippen molar-refractivity contribution in [3.63, 3.8) is 0 Å². The van der Waals surface area contributed by atoms with Crippen molar-refractivity contribution in [2.45, 2.75) is 18.9 Å². The Bertz CT molecular complexity index is 1250. The Labute approximate surface area is 188 Å². The number of hydrogen-bond donors (Lipinski definition) is 1. The Balaban J connectivity index is 1.27. The summed E-state index contributed by atoms with van der Waals surface area (Å²) in [5.41, 5.74) is 6.40. The monoisotopic (exact) mass is 421 g/mol. The number of nitrogens with zero attached hydrogens (tertiary/aromatic N) is 2. The van der Waals surface area contributed by atoms with Crippen LogP contribution >= 0.6 is 0 Å². The number of fused-ring (bicyclic) bond motifs is 4. The van der Waals surface area contributed by atoms with Crippen LogP contribution in [-0.4, -0.2) is 40.9 Å². The van der Waals surface area contributed by atoms with E-state index in [1.165, 1.54) is 37.1 Å². The number of nitrogens with one attached hydrogen (secondary N) is 1. The molecular weight excluding hydrogens is 394 g/mol. The van der Waals surface area contributed by atoms with Crippen LogP contribution < -0.4 is 5.32 Å². The van der Waals surface area contributed by atoms with Gasteiger partial charge in [0.1, 0.15) is 0 Å². The summed E-state index contributed by atoms with van der Waals surface area (Å²) in [6.07, 6.45) is 4.38. The van der Waals surface area contributed by atoms with Crippen molar-refractivity contribution in [1.82, 2.24) is 14.6 Å². The molecule has 4 nitrogen and oxygen atoms in total. The molecule has 2 aromatic heterocycles. The molecule has 0 radical (unpaired) electrons. The SMILES string of the molecule is O=C(NC1CN2CCC1CC2)c1cc2cccc(-c3ccc(-c4ccccc4)cc3)n2c1. The van der Waals surface area contributed by atoms with Crippen LogP contribution in [0.1, 0.15) is 23.2 Å². The molecule has 2 aromatic carbocycles. The molecule has 4 heteroatoms. The van der Waals surface area contributed by atoms with Crippen molar-refractivity contribution in [2.24, 2.45) is 5.92 Å². The molecule has 3 saturated heterocycles. The fraction of sp³-hybridized carbons (Fsp3) is 0.250. The maximum absolute atomic E-state index is 13.1. The van der Waals surface area contributed by atoms with Crippen molar-refractivity contribution in [3.05, 3.63) is 90.6 Å². The minimum atomic E-state index is 0.0397. The number of aromatic nitrogens is 1. The van der Waals surface area contributed by atoms with E-state index in [0.29, 0.717) is 5.92 Å². The van der Waals surface area contributed by atoms with E-state index in [1.54, 1.807) is 0 Å². The van der Waals surface area contributed by atoms with Gasteiger partial charge in [-0.2, -0.15) is 0 Å². The molecule has 160 valence electrons. The van der Waals surface area contributed by atoms with E-state index in [-0.39, 0.29) is 11.9 Å². The zero-order valence-corrected chi connectivity index (χ0v) is 18.1. The van der Waals surface area contributed by atoms with Crippen molar-refractivity contribution in [2.75, 3.05) is 19.6 Å². The van der Waals surface area contributed by atoms with E-state index in [9.17, 15) is 4.79 Å². The average molecular weight is 422 g/mol. The van der Waals surface area contributed by atoms with Gasteiger partial charge < -0.3 is 14.6 Å². The summed E-state index contributed by atoms with van der Waals surface area (Å²) in [5.74, 6) is 0.664. The van der Waals surface area contributed by atoms with Gasteiger partial charge in [-0.3, -0.25) is 4.79 Å². The van der Waals surface area contributed by atoms with Gasteiger partial charge >= 0.3 is 0 Å². The van der Waals surface area contributed by atoms with Crippen LogP contribution in [0.2, 0.25) is 0 Å². The summed E-state index contributed by atoms with van der Waals surface area (Å²) in [7, 11) is 0. The van der Waals surface area contributed by atoms with E-state index in [1.807, 2.05) is 18.3 Å². The second kappa shape index (κ2) is 7.95. The number of amides is 1. The molecular formula is C28H27N3O. The summed E-state index contributed by atoms with van der Waals surface area (Å²) in [6, 6.07) is 27.6. The Morgan fingerprint density at radius 1 is 0.812 bits per heavy atom. The van der Waals surface area contributed by atoms with Crippen LogP contribution in [0.3, 0.4) is 0 Å². The molecule has 3 fully saturated rings. The number of carbonyl (C=O) groups is 1. The molecule has 1 atom stereocenters. The van der Waals surface area contributed by atoms with E-state index < -0.39 is 0 Å². The van der Waals surface area contributed by atoms with Crippen LogP contribution in [0.15, 0.2) is 85.1 Å². The maximum atomic E-state index is 13.1. The van der Waals surface area contributed by atoms with E-state index >= 15 is 0 Å². The Morgan fingerprint density at radius 3 is 2.25 bits per heavy atom. The zero-order valence-electron chi connectivity index (χ0n) is 18.1. The number of rotatable bonds is 4. The number of pyridine rings is 1. The zero-order chi connectivity index (χ0) is 21.5. The maximum Gasteiger partial charge on any atom is 0.253 e. The van der Waals surface area contributed by atoms with Gasteiger partial charge in [0.2, 0.25) is 0 Å². The van der Waals surface area contributed by atoms with Gasteiger partial charge in [0.25, 0.3) is 5.91 Å². The molecule has 1 N–H and O–H groups in total. The normalized spacial score (nSPS) is 22.2. The summed E-state index contributed by atoms with van der Waals surface area (Å²) in [6.45, 7) is 3.35. The van der Waals surface area contributed by atoms with Crippen molar-refractivity contribution in [3.8, 4) is 22.4 Å². The molecule has 4 aromatic rings. The van der Waals surface area contributed by atoms with Crippen LogP contribution in [0.5, 0.6) is 0 Å². The second-order valence-corrected chi connectivity index (χ2v) is 9.10. The molecule has 1 unspecified atom stereocenters. The van der Waals surface area contributed by atoms with Crippen LogP contribution in [0, 0.1) is 5.92 Å². The Hall–Kier alpha value is -3.37. The molecule has 0 spiro atoms. The topological polar surface area (TPSA) is 36.8 Å². The summed E-state index contributed by atoms with van der Waals surface area (Å²) < 4.78 is 2.13. The Kier molecular flexibility index (Phi) is 4.80. The van der Waals surface area contributed by atoms with Crippen LogP contribution in [-0.2, 0) is 0 Å². The number of carbonyl (C=O) groups excluding carboxylic acids is 1. The number of benzene rings is 2. The van der Waals surface area contributed by atoms with E-state index in [0.717, 1.165) is 28.9 Å². The first kappa shape index (κ1) is 19.3. The third kappa shape index (κ3) is 3.51. The predicted octanol–water partition coefficient (Wildman–Crippen LogP) is 5.10. The highest BCUT2D eigenvalue weighted by atomic mass is 16.1. The fourth-order valence-corrected chi connectivity index (χ4v) is 5.34. The first-order chi connectivity index (χ1) is 15.7. The molecule has 0 saturated carbocycles. The predicted molar refractivity (Wildman–Crippen MR) is 129 cm³/mol. The highest BCUT2D eigenvalue weighted by Gasteiger charge is 2.35. The quantitative estimate of drug-likeness (QED) is 0.498. The fourth-order valence-electron chi connectivity index (χ4n) is 5.34. The first-order valence-corrected chi connectivity index (χ1v) is 11.5. The lowest BCUT2D eigenvalue weighted by molar-refractivity contribution is 0.0620. The Morgan fingerprint density at radius 2 is 1.53 bits per heavy atom. The van der Waals surface area contributed by atoms with E-state index in [4.69, 9.17) is 0 Å². The molecule has 32 heavy (non-hydrogen) atoms. The van der Waals surface area contributed by atoms with Crippen LogP contribution in [0.4, 0.5) is 0 Å². The molecule has 3 aliphatic rings. The molecule has 2 bridgehead atoms. The second-order valence-electron chi connectivity index (χ2n) is 9.10. The van der Waals surface area contributed by atoms with Gasteiger partial charge in [-0.05, 0) is 66.7 Å². The summed E-state index contributed by atoms with van der Waals surface area (Å²) in [5, 5.41) is 3.32. The van der Waals surface area contributed by atoms with E-state index in [2.05, 4.69) is 81.3 Å². The largest absolute Gasteiger partial charge is 0.348 e. The summed E-state index contributed by atoms with van der Waals surface area (Å²) in [4.78, 5) is 15.5. The van der Waals surface area contributed by atoms with Gasteiger partial charge in [-0.25, -0.2) is 0 Å². The van der Waals surface area contributed by atoms with Crippen molar-refractivity contribution < 1.29 is 4.79 Å². The summed E-state index contributed by atoms with van der Waals surface area (Å²) >= 11 is 0. The third-order valence-corrected chi connectivity index (χ3v) is 7.15. The van der Waals surface area contributed by atoms with Gasteiger partial charge in [-0.15, -0.1) is 0 Å².